The summed E-state index contributed by atoms with van der Waals surface area (Å²) in [5.41, 5.74) is 1.34. The van der Waals surface area contributed by atoms with Crippen LogP contribution < -0.4 is 15.5 Å². The molecule has 1 saturated carbocycles. The Labute approximate surface area is 244 Å². The molecular weight excluding hydrogens is 578 g/mol. The van der Waals surface area contributed by atoms with E-state index in [9.17, 15) is 31.1 Å². The Bertz CT molecular complexity index is 1410. The highest BCUT2D eigenvalue weighted by Crippen LogP contribution is 2.34. The van der Waals surface area contributed by atoms with E-state index in [1.54, 1.807) is 11.8 Å². The first kappa shape index (κ1) is 30.5. The van der Waals surface area contributed by atoms with Gasteiger partial charge in [-0.15, -0.1) is 0 Å². The summed E-state index contributed by atoms with van der Waals surface area (Å²) in [5.74, 6) is -7.88. The molecule has 0 bridgehead atoms. The van der Waals surface area contributed by atoms with E-state index in [1.807, 2.05) is 11.8 Å². The number of aromatic nitrogens is 2. The average molecular weight is 609 g/mol. The van der Waals surface area contributed by atoms with Gasteiger partial charge in [-0.2, -0.15) is 4.98 Å². The van der Waals surface area contributed by atoms with Gasteiger partial charge in [0.25, 0.3) is 0 Å². The van der Waals surface area contributed by atoms with Gasteiger partial charge in [0.15, 0.2) is 40.7 Å². The van der Waals surface area contributed by atoms with E-state index in [4.69, 9.17) is 4.74 Å². The first-order valence-electron chi connectivity index (χ1n) is 13.8. The number of halogens is 6. The lowest BCUT2D eigenvalue weighted by Crippen LogP contribution is -2.49. The second-order valence-electron chi connectivity index (χ2n) is 10.6. The number of nitrogens with zero attached hydrogens (tertiary/aromatic N) is 4. The number of hydrogen-bond acceptors (Lipinski definition) is 7. The maximum Gasteiger partial charge on any atom is 0.244 e. The van der Waals surface area contributed by atoms with Gasteiger partial charge in [0.1, 0.15) is 5.69 Å². The molecule has 2 heterocycles. The fourth-order valence-corrected chi connectivity index (χ4v) is 5.30. The number of rotatable bonds is 11. The van der Waals surface area contributed by atoms with E-state index >= 15 is 0 Å². The van der Waals surface area contributed by atoms with E-state index in [2.05, 4.69) is 20.6 Å². The monoisotopic (exact) mass is 608 g/mol. The summed E-state index contributed by atoms with van der Waals surface area (Å²) in [5, 5.41) is 6.09. The molecule has 1 aliphatic heterocycles. The lowest BCUT2D eigenvalue weighted by molar-refractivity contribution is -0.115. The molecule has 1 amide bonds. The highest BCUT2D eigenvalue weighted by Gasteiger charge is 2.35. The van der Waals surface area contributed by atoms with Crippen molar-refractivity contribution in [3.63, 3.8) is 0 Å². The number of anilines is 3. The summed E-state index contributed by atoms with van der Waals surface area (Å²) in [6.45, 7) is 5.04. The molecule has 1 fully saturated rings. The Kier molecular flexibility index (Phi) is 9.06. The number of amides is 1. The van der Waals surface area contributed by atoms with Gasteiger partial charge >= 0.3 is 0 Å². The third kappa shape index (κ3) is 6.85. The summed E-state index contributed by atoms with van der Waals surface area (Å²) < 4.78 is 88.2. The van der Waals surface area contributed by atoms with Gasteiger partial charge < -0.3 is 20.3 Å². The van der Waals surface area contributed by atoms with E-state index in [1.165, 1.54) is 0 Å². The van der Waals surface area contributed by atoms with Crippen molar-refractivity contribution in [3.8, 4) is 0 Å². The lowest BCUT2D eigenvalue weighted by atomic mass is 9.85. The lowest BCUT2D eigenvalue weighted by Gasteiger charge is -2.43. The largest absolute Gasteiger partial charge is 0.380 e. The fourth-order valence-electron chi connectivity index (χ4n) is 5.30. The standard InChI is InChI=1S/C29H30F6N6O2/c1-3-43-5-4-40-14-24(42)38-27-15(2)36-29(39-28(27)40)37-18-10-19(11-18)41(12-16-6-20(30)25(34)21(31)7-16)13-17-8-22(32)26(35)23(33)9-17/h6-9,18-19H,3-5,10-14H2,1-2H3,(H,38,42)(H,36,37,39)/t18-,19-. The third-order valence-electron chi connectivity index (χ3n) is 7.50. The van der Waals surface area contributed by atoms with Crippen LogP contribution in [-0.2, 0) is 22.6 Å². The van der Waals surface area contributed by atoms with Crippen LogP contribution in [0.3, 0.4) is 0 Å². The molecule has 230 valence electrons. The normalized spacial score (nSPS) is 18.0. The first-order valence-corrected chi connectivity index (χ1v) is 13.8. The topological polar surface area (TPSA) is 82.6 Å². The molecule has 5 rings (SSSR count). The van der Waals surface area contributed by atoms with Crippen LogP contribution in [0, 0.1) is 41.8 Å². The van der Waals surface area contributed by atoms with Crippen molar-refractivity contribution in [1.29, 1.82) is 0 Å². The van der Waals surface area contributed by atoms with Crippen molar-refractivity contribution in [3.05, 3.63) is 76.0 Å². The van der Waals surface area contributed by atoms with Crippen LogP contribution in [-0.4, -0.2) is 59.2 Å². The molecule has 1 aromatic heterocycles. The summed E-state index contributed by atoms with van der Waals surface area (Å²) >= 11 is 0. The van der Waals surface area contributed by atoms with Crippen LogP contribution in [0.15, 0.2) is 24.3 Å². The molecule has 0 radical (unpaired) electrons. The summed E-state index contributed by atoms with van der Waals surface area (Å²) in [6, 6.07) is 3.13. The van der Waals surface area contributed by atoms with Gasteiger partial charge in [0.2, 0.25) is 11.9 Å². The predicted molar refractivity (Wildman–Crippen MR) is 146 cm³/mol. The summed E-state index contributed by atoms with van der Waals surface area (Å²) in [4.78, 5) is 24.9. The molecule has 14 heteroatoms. The van der Waals surface area contributed by atoms with Crippen molar-refractivity contribution in [2.45, 2.75) is 51.9 Å². The minimum absolute atomic E-state index is 0.0605. The first-order chi connectivity index (χ1) is 20.5. The van der Waals surface area contributed by atoms with E-state index in [-0.39, 0.29) is 48.8 Å². The molecule has 2 N–H and O–H groups in total. The Morgan fingerprint density at radius 1 is 0.953 bits per heavy atom. The number of carbonyl (C=O) groups excluding carboxylic acids is 1. The van der Waals surface area contributed by atoms with E-state index in [0.717, 1.165) is 24.3 Å². The zero-order chi connectivity index (χ0) is 30.8. The average Bonchev–Trinajstić information content (AvgIpc) is 2.92. The fraction of sp³-hybridized carbons (Fsp3) is 0.414. The number of hydrogen-bond donors (Lipinski definition) is 2. The van der Waals surface area contributed by atoms with Crippen LogP contribution in [0.1, 0.15) is 36.6 Å². The van der Waals surface area contributed by atoms with Crippen molar-refractivity contribution >= 4 is 23.4 Å². The number of benzene rings is 2. The Hall–Kier alpha value is -3.91. The molecule has 0 spiro atoms. The van der Waals surface area contributed by atoms with Crippen molar-refractivity contribution < 1.29 is 35.9 Å². The van der Waals surface area contributed by atoms with Crippen LogP contribution in [0.4, 0.5) is 43.8 Å². The molecule has 8 nitrogen and oxygen atoms in total. The van der Waals surface area contributed by atoms with Crippen LogP contribution in [0.25, 0.3) is 0 Å². The maximum atomic E-state index is 13.9. The number of nitrogens with one attached hydrogen (secondary N) is 2. The van der Waals surface area contributed by atoms with Gasteiger partial charge in [-0.25, -0.2) is 31.3 Å². The van der Waals surface area contributed by atoms with Crippen molar-refractivity contribution in [2.75, 3.05) is 41.8 Å². The Morgan fingerprint density at radius 3 is 2.05 bits per heavy atom. The van der Waals surface area contributed by atoms with Crippen LogP contribution >= 0.6 is 0 Å². The van der Waals surface area contributed by atoms with Crippen LogP contribution in [0.2, 0.25) is 0 Å². The SMILES string of the molecule is CCOCCN1CC(=O)Nc2c(C)nc(N[C@H]3C[C@H](N(Cc4cc(F)c(F)c(F)c4)Cc4cc(F)c(F)c(F)c4)C3)nc21. The van der Waals surface area contributed by atoms with Crippen molar-refractivity contribution in [1.82, 2.24) is 14.9 Å². The molecule has 3 aromatic rings. The van der Waals surface area contributed by atoms with Gasteiger partial charge in [-0.3, -0.25) is 9.69 Å². The number of aryl methyl sites for hydroxylation is 1. The number of carbonyl (C=O) groups is 1. The molecule has 2 aromatic carbocycles. The van der Waals surface area contributed by atoms with Gasteiger partial charge in [0.05, 0.1) is 18.8 Å². The Balaban J connectivity index is 1.32. The van der Waals surface area contributed by atoms with Gasteiger partial charge in [-0.05, 0) is 62.1 Å². The number of fused-ring (bicyclic) bond motifs is 1. The highest BCUT2D eigenvalue weighted by molar-refractivity contribution is 6.01. The molecule has 43 heavy (non-hydrogen) atoms. The third-order valence-corrected chi connectivity index (χ3v) is 7.50. The molecule has 0 saturated heterocycles. The smallest absolute Gasteiger partial charge is 0.244 e. The predicted octanol–water partition coefficient (Wildman–Crippen LogP) is 5.06. The van der Waals surface area contributed by atoms with Gasteiger partial charge in [-0.1, -0.05) is 0 Å². The van der Waals surface area contributed by atoms with E-state index < -0.39 is 34.9 Å². The van der Waals surface area contributed by atoms with E-state index in [0.29, 0.717) is 55.7 Å². The second-order valence-corrected chi connectivity index (χ2v) is 10.6. The number of ether oxygens (including phenoxy) is 1. The highest BCUT2D eigenvalue weighted by atomic mass is 19.2. The summed E-state index contributed by atoms with van der Waals surface area (Å²) in [6.07, 6.45) is 1.01. The minimum atomic E-state index is -1.60. The van der Waals surface area contributed by atoms with Crippen molar-refractivity contribution in [2.24, 2.45) is 0 Å². The maximum absolute atomic E-state index is 13.9. The summed E-state index contributed by atoms with van der Waals surface area (Å²) in [7, 11) is 0. The van der Waals surface area contributed by atoms with Crippen LogP contribution in [0.5, 0.6) is 0 Å². The minimum Gasteiger partial charge on any atom is -0.380 e. The molecule has 0 unspecified atom stereocenters. The molecule has 1 aliphatic carbocycles. The van der Waals surface area contributed by atoms with Gasteiger partial charge in [0, 0.05) is 38.3 Å². The quantitative estimate of drug-likeness (QED) is 0.179. The second kappa shape index (κ2) is 12.8. The molecular formula is C29H30F6N6O2. The zero-order valence-corrected chi connectivity index (χ0v) is 23.5. The molecule has 0 atom stereocenters. The molecule has 2 aliphatic rings. The zero-order valence-electron chi connectivity index (χ0n) is 23.5. The Morgan fingerprint density at radius 2 is 1.51 bits per heavy atom.